The zero-order chi connectivity index (χ0) is 15.5. The monoisotopic (exact) mass is 300 g/mol. The van der Waals surface area contributed by atoms with Crippen molar-refractivity contribution in [3.63, 3.8) is 0 Å². The quantitative estimate of drug-likeness (QED) is 0.913. The van der Waals surface area contributed by atoms with Gasteiger partial charge in [0.05, 0.1) is 0 Å². The molecule has 1 aromatic heterocycles. The minimum atomic E-state index is 0.103. The van der Waals surface area contributed by atoms with Crippen LogP contribution in [0.2, 0.25) is 0 Å². The number of fused-ring (bicyclic) bond motifs is 1. The molecule has 3 rings (SSSR count). The Kier molecular flexibility index (Phi) is 4.45. The molecule has 0 saturated carbocycles. The number of nitrogens with one attached hydrogen (secondary N) is 1. The lowest BCUT2D eigenvalue weighted by Gasteiger charge is -2.29. The molecule has 2 heterocycles. The first kappa shape index (κ1) is 15.1. The average Bonchev–Trinajstić information content (AvgIpc) is 2.54. The van der Waals surface area contributed by atoms with E-state index < -0.39 is 0 Å². The van der Waals surface area contributed by atoms with Gasteiger partial charge in [-0.3, -0.25) is 4.79 Å². The summed E-state index contributed by atoms with van der Waals surface area (Å²) in [7, 11) is 4.04. The van der Waals surface area contributed by atoms with Crippen LogP contribution in [0.25, 0.3) is 10.8 Å². The van der Waals surface area contributed by atoms with E-state index in [2.05, 4.69) is 33.3 Å². The third-order valence-corrected chi connectivity index (χ3v) is 4.23. The Morgan fingerprint density at radius 1 is 1.18 bits per heavy atom. The van der Waals surface area contributed by atoms with Crippen LogP contribution < -0.4 is 15.8 Å². The van der Waals surface area contributed by atoms with Gasteiger partial charge in [-0.2, -0.15) is 0 Å². The van der Waals surface area contributed by atoms with Gasteiger partial charge in [0.25, 0.3) is 5.56 Å². The van der Waals surface area contributed by atoms with Gasteiger partial charge in [-0.15, -0.1) is 0 Å². The molecule has 22 heavy (non-hydrogen) atoms. The summed E-state index contributed by atoms with van der Waals surface area (Å²) in [5.41, 5.74) is 1.31. The highest BCUT2D eigenvalue weighted by Crippen LogP contribution is 2.20. The molecule has 2 aromatic rings. The Morgan fingerprint density at radius 3 is 2.68 bits per heavy atom. The summed E-state index contributed by atoms with van der Waals surface area (Å²) in [5, 5.41) is 5.20. The third-order valence-electron chi connectivity index (χ3n) is 4.23. The van der Waals surface area contributed by atoms with Crippen LogP contribution in [0.5, 0.6) is 0 Å². The molecular weight excluding hydrogens is 276 g/mol. The fourth-order valence-corrected chi connectivity index (χ4v) is 2.88. The van der Waals surface area contributed by atoms with Gasteiger partial charge in [0, 0.05) is 56.5 Å². The second kappa shape index (κ2) is 6.50. The van der Waals surface area contributed by atoms with Crippen molar-refractivity contribution in [3.05, 3.63) is 40.8 Å². The van der Waals surface area contributed by atoms with E-state index in [1.165, 1.54) is 5.69 Å². The largest absolute Gasteiger partial charge is 0.369 e. The molecule has 118 valence electrons. The van der Waals surface area contributed by atoms with Crippen LogP contribution in [-0.2, 0) is 6.54 Å². The maximum Gasteiger partial charge on any atom is 0.258 e. The van der Waals surface area contributed by atoms with Gasteiger partial charge in [0.2, 0.25) is 0 Å². The lowest BCUT2D eigenvalue weighted by molar-refractivity contribution is 0.381. The summed E-state index contributed by atoms with van der Waals surface area (Å²) < 4.78 is 1.80. The SMILES string of the molecule is CN(C)CCn1ccc2cc(N3CCNCC3)ccc2c1=O. The number of pyridine rings is 1. The first-order chi connectivity index (χ1) is 10.6. The van der Waals surface area contributed by atoms with Crippen LogP contribution >= 0.6 is 0 Å². The maximum absolute atomic E-state index is 12.5. The van der Waals surface area contributed by atoms with Crippen LogP contribution in [0.1, 0.15) is 0 Å². The van der Waals surface area contributed by atoms with Crippen LogP contribution in [0.3, 0.4) is 0 Å². The van der Waals surface area contributed by atoms with Gasteiger partial charge in [0.1, 0.15) is 0 Å². The van der Waals surface area contributed by atoms with Crippen molar-refractivity contribution in [1.82, 2.24) is 14.8 Å². The molecule has 5 heteroatoms. The lowest BCUT2D eigenvalue weighted by atomic mass is 10.1. The fraction of sp³-hybridized carbons (Fsp3) is 0.471. The maximum atomic E-state index is 12.5. The van der Waals surface area contributed by atoms with Crippen LogP contribution in [0, 0.1) is 0 Å². The van der Waals surface area contributed by atoms with E-state index in [-0.39, 0.29) is 5.56 Å². The number of benzene rings is 1. The van der Waals surface area contributed by atoms with Gasteiger partial charge in [-0.1, -0.05) is 0 Å². The number of hydrogen-bond acceptors (Lipinski definition) is 4. The third kappa shape index (κ3) is 3.15. The topological polar surface area (TPSA) is 40.5 Å². The fourth-order valence-electron chi connectivity index (χ4n) is 2.88. The molecule has 0 radical (unpaired) electrons. The second-order valence-electron chi connectivity index (χ2n) is 6.13. The Labute approximate surface area is 131 Å². The van der Waals surface area contributed by atoms with Crippen LogP contribution in [-0.4, -0.2) is 56.3 Å². The molecule has 1 aliphatic rings. The van der Waals surface area contributed by atoms with Crippen molar-refractivity contribution in [3.8, 4) is 0 Å². The van der Waals surface area contributed by atoms with Crippen molar-refractivity contribution in [1.29, 1.82) is 0 Å². The highest BCUT2D eigenvalue weighted by Gasteiger charge is 2.11. The smallest absolute Gasteiger partial charge is 0.258 e. The Morgan fingerprint density at radius 2 is 1.95 bits per heavy atom. The van der Waals surface area contributed by atoms with Gasteiger partial charge >= 0.3 is 0 Å². The van der Waals surface area contributed by atoms with Gasteiger partial charge in [-0.05, 0) is 43.7 Å². The van der Waals surface area contributed by atoms with E-state index >= 15 is 0 Å². The highest BCUT2D eigenvalue weighted by atomic mass is 16.1. The van der Waals surface area contributed by atoms with Crippen molar-refractivity contribution in [2.45, 2.75) is 6.54 Å². The summed E-state index contributed by atoms with van der Waals surface area (Å²) in [6, 6.07) is 8.24. The number of aromatic nitrogens is 1. The van der Waals surface area contributed by atoms with Gasteiger partial charge in [0.15, 0.2) is 0 Å². The number of anilines is 1. The number of rotatable bonds is 4. The summed E-state index contributed by atoms with van der Waals surface area (Å²) in [5.74, 6) is 0. The van der Waals surface area contributed by atoms with Crippen molar-refractivity contribution >= 4 is 16.5 Å². The van der Waals surface area contributed by atoms with Crippen LogP contribution in [0.4, 0.5) is 5.69 Å². The molecule has 0 unspecified atom stereocenters. The Bertz CT molecular complexity index is 701. The summed E-state index contributed by atoms with van der Waals surface area (Å²) in [6.07, 6.45) is 1.91. The molecule has 1 N–H and O–H groups in total. The highest BCUT2D eigenvalue weighted by molar-refractivity contribution is 5.85. The molecule has 0 atom stereocenters. The molecule has 0 bridgehead atoms. The molecule has 1 aromatic carbocycles. The van der Waals surface area contributed by atoms with E-state index in [9.17, 15) is 4.79 Å². The average molecular weight is 300 g/mol. The molecular formula is C17H24N4O. The number of nitrogens with zero attached hydrogens (tertiary/aromatic N) is 3. The number of piperazine rings is 1. The van der Waals surface area contributed by atoms with Crippen LogP contribution in [0.15, 0.2) is 35.3 Å². The molecule has 1 fully saturated rings. The predicted octanol–water partition coefficient (Wildman–Crippen LogP) is 0.973. The Hall–Kier alpha value is -1.85. The number of likely N-dealkylation sites (N-methyl/N-ethyl adjacent to an activating group) is 1. The first-order valence-electron chi connectivity index (χ1n) is 7.89. The van der Waals surface area contributed by atoms with Gasteiger partial charge < -0.3 is 19.7 Å². The minimum absolute atomic E-state index is 0.103. The van der Waals surface area contributed by atoms with E-state index in [1.54, 1.807) is 4.57 Å². The molecule has 0 amide bonds. The summed E-state index contributed by atoms with van der Waals surface area (Å²) in [6.45, 7) is 5.66. The van der Waals surface area contributed by atoms with Crippen molar-refractivity contribution < 1.29 is 0 Å². The van der Waals surface area contributed by atoms with Gasteiger partial charge in [-0.25, -0.2) is 0 Å². The number of hydrogen-bond donors (Lipinski definition) is 1. The zero-order valence-corrected chi connectivity index (χ0v) is 13.4. The molecule has 0 aliphatic carbocycles. The van der Waals surface area contributed by atoms with Crippen molar-refractivity contribution in [2.24, 2.45) is 0 Å². The predicted molar refractivity (Wildman–Crippen MR) is 91.8 cm³/mol. The standard InChI is InChI=1S/C17H24N4O/c1-19(2)11-12-21-8-5-14-13-15(3-4-16(14)17(21)22)20-9-6-18-7-10-20/h3-5,8,13,18H,6-7,9-12H2,1-2H3. The zero-order valence-electron chi connectivity index (χ0n) is 13.4. The van der Waals surface area contributed by atoms with E-state index in [0.717, 1.165) is 50.0 Å². The molecule has 5 nitrogen and oxygen atoms in total. The van der Waals surface area contributed by atoms with Crippen molar-refractivity contribution in [2.75, 3.05) is 51.7 Å². The first-order valence-corrected chi connectivity index (χ1v) is 7.89. The molecule has 0 spiro atoms. The summed E-state index contributed by atoms with van der Waals surface area (Å²) in [4.78, 5) is 17.0. The minimum Gasteiger partial charge on any atom is -0.369 e. The summed E-state index contributed by atoms with van der Waals surface area (Å²) >= 11 is 0. The van der Waals surface area contributed by atoms with E-state index in [4.69, 9.17) is 0 Å². The Balaban J connectivity index is 1.90. The molecule has 1 saturated heterocycles. The van der Waals surface area contributed by atoms with E-state index in [0.29, 0.717) is 0 Å². The normalized spacial score (nSPS) is 15.7. The molecule has 1 aliphatic heterocycles. The lowest BCUT2D eigenvalue weighted by Crippen LogP contribution is -2.43. The second-order valence-corrected chi connectivity index (χ2v) is 6.13. The van der Waals surface area contributed by atoms with E-state index in [1.807, 2.05) is 26.4 Å².